The zero-order valence-electron chi connectivity index (χ0n) is 11.8. The van der Waals surface area contributed by atoms with Gasteiger partial charge in [0, 0.05) is 25.8 Å². The number of halogens is 1. The van der Waals surface area contributed by atoms with Crippen molar-refractivity contribution in [3.05, 3.63) is 58.1 Å². The highest BCUT2D eigenvalue weighted by Crippen LogP contribution is 2.26. The molecule has 2 N–H and O–H groups in total. The fourth-order valence-corrected chi connectivity index (χ4v) is 2.65. The second-order valence-electron chi connectivity index (χ2n) is 4.70. The molecule has 0 aromatic heterocycles. The van der Waals surface area contributed by atoms with E-state index in [4.69, 9.17) is 10.5 Å². The predicted octanol–water partition coefficient (Wildman–Crippen LogP) is 3.55. The van der Waals surface area contributed by atoms with Gasteiger partial charge in [-0.05, 0) is 51.3 Å². The Balaban J connectivity index is 2.10. The number of methoxy groups -OCH3 is 1. The fraction of sp³-hybridized carbons (Fsp3) is 0.250. The second-order valence-corrected chi connectivity index (χ2v) is 5.55. The van der Waals surface area contributed by atoms with Gasteiger partial charge in [0.2, 0.25) is 0 Å². The lowest BCUT2D eigenvalue weighted by atomic mass is 10.1. The number of rotatable bonds is 5. The predicted molar refractivity (Wildman–Crippen MR) is 87.1 cm³/mol. The molecular weight excluding hydrogens is 316 g/mol. The highest BCUT2D eigenvalue weighted by molar-refractivity contribution is 9.10. The summed E-state index contributed by atoms with van der Waals surface area (Å²) in [6, 6.07) is 14.5. The summed E-state index contributed by atoms with van der Waals surface area (Å²) in [6.07, 6.45) is 0. The van der Waals surface area contributed by atoms with E-state index in [-0.39, 0.29) is 0 Å². The van der Waals surface area contributed by atoms with Gasteiger partial charge in [-0.2, -0.15) is 0 Å². The van der Waals surface area contributed by atoms with Gasteiger partial charge in [0.1, 0.15) is 5.75 Å². The molecule has 20 heavy (non-hydrogen) atoms. The van der Waals surface area contributed by atoms with Crippen LogP contribution in [0.15, 0.2) is 46.9 Å². The quantitative estimate of drug-likeness (QED) is 0.908. The summed E-state index contributed by atoms with van der Waals surface area (Å²) >= 11 is 3.51. The smallest absolute Gasteiger partial charge is 0.133 e. The number of anilines is 1. The minimum Gasteiger partial charge on any atom is -0.496 e. The van der Waals surface area contributed by atoms with Crippen LogP contribution >= 0.6 is 15.9 Å². The lowest BCUT2D eigenvalue weighted by Crippen LogP contribution is -2.16. The van der Waals surface area contributed by atoms with Crippen LogP contribution in [0.4, 0.5) is 5.69 Å². The van der Waals surface area contributed by atoms with Gasteiger partial charge in [0.05, 0.1) is 11.6 Å². The van der Waals surface area contributed by atoms with Gasteiger partial charge in [0.25, 0.3) is 0 Å². The van der Waals surface area contributed by atoms with Crippen LogP contribution in [0.5, 0.6) is 5.75 Å². The highest BCUT2D eigenvalue weighted by Gasteiger charge is 2.05. The molecule has 0 unspecified atom stereocenters. The second kappa shape index (κ2) is 6.77. The Kier molecular flexibility index (Phi) is 5.04. The van der Waals surface area contributed by atoms with E-state index in [0.717, 1.165) is 22.3 Å². The zero-order chi connectivity index (χ0) is 14.5. The van der Waals surface area contributed by atoms with E-state index in [1.54, 1.807) is 7.11 Å². The standard InChI is InChI=1S/C16H19BrN2O/c1-19(14-6-3-12(10-18)4-7-14)11-13-5-8-16(20-2)15(17)9-13/h3-9H,10-11,18H2,1-2H3. The third-order valence-corrected chi connectivity index (χ3v) is 3.87. The number of benzene rings is 2. The number of nitrogens with zero attached hydrogens (tertiary/aromatic N) is 1. The van der Waals surface area contributed by atoms with Crippen molar-refractivity contribution in [3.63, 3.8) is 0 Å². The summed E-state index contributed by atoms with van der Waals surface area (Å²) in [7, 11) is 3.75. The average Bonchev–Trinajstić information content (AvgIpc) is 2.47. The van der Waals surface area contributed by atoms with Gasteiger partial charge in [-0.25, -0.2) is 0 Å². The van der Waals surface area contributed by atoms with Crippen molar-refractivity contribution in [3.8, 4) is 5.75 Å². The van der Waals surface area contributed by atoms with Crippen molar-refractivity contribution in [1.82, 2.24) is 0 Å². The molecule has 0 aliphatic heterocycles. The Morgan fingerprint density at radius 2 is 1.75 bits per heavy atom. The number of hydrogen-bond donors (Lipinski definition) is 1. The first kappa shape index (κ1) is 14.9. The average molecular weight is 335 g/mol. The third-order valence-electron chi connectivity index (χ3n) is 3.25. The summed E-state index contributed by atoms with van der Waals surface area (Å²) < 4.78 is 6.22. The maximum absolute atomic E-state index is 5.61. The van der Waals surface area contributed by atoms with Crippen molar-refractivity contribution in [1.29, 1.82) is 0 Å². The van der Waals surface area contributed by atoms with E-state index >= 15 is 0 Å². The van der Waals surface area contributed by atoms with Gasteiger partial charge in [0.15, 0.2) is 0 Å². The number of ether oxygens (including phenoxy) is 1. The molecule has 0 spiro atoms. The van der Waals surface area contributed by atoms with Crippen molar-refractivity contribution < 1.29 is 4.74 Å². The molecule has 0 fully saturated rings. The molecule has 2 aromatic carbocycles. The first-order valence-corrected chi connectivity index (χ1v) is 7.26. The van der Waals surface area contributed by atoms with Gasteiger partial charge >= 0.3 is 0 Å². The summed E-state index contributed by atoms with van der Waals surface area (Å²) in [5.74, 6) is 0.851. The van der Waals surface area contributed by atoms with Crippen LogP contribution in [0.2, 0.25) is 0 Å². The molecular formula is C16H19BrN2O. The van der Waals surface area contributed by atoms with Crippen molar-refractivity contribution in [2.45, 2.75) is 13.1 Å². The van der Waals surface area contributed by atoms with Crippen LogP contribution < -0.4 is 15.4 Å². The van der Waals surface area contributed by atoms with Crippen LogP contribution in [0.3, 0.4) is 0 Å². The molecule has 4 heteroatoms. The minimum absolute atomic E-state index is 0.579. The monoisotopic (exact) mass is 334 g/mol. The summed E-state index contributed by atoms with van der Waals surface area (Å²) in [4.78, 5) is 2.20. The van der Waals surface area contributed by atoms with E-state index in [2.05, 4.69) is 64.3 Å². The Hall–Kier alpha value is -1.52. The highest BCUT2D eigenvalue weighted by atomic mass is 79.9. The Bertz CT molecular complexity index is 569. The Labute approximate surface area is 128 Å². The van der Waals surface area contributed by atoms with Gasteiger partial charge in [-0.15, -0.1) is 0 Å². The zero-order valence-corrected chi connectivity index (χ0v) is 13.4. The lowest BCUT2D eigenvalue weighted by Gasteiger charge is -2.20. The maximum Gasteiger partial charge on any atom is 0.133 e. The largest absolute Gasteiger partial charge is 0.496 e. The summed E-state index contributed by atoms with van der Waals surface area (Å²) in [5, 5.41) is 0. The fourth-order valence-electron chi connectivity index (χ4n) is 2.06. The molecule has 2 aromatic rings. The van der Waals surface area contributed by atoms with Crippen LogP contribution in [0, 0.1) is 0 Å². The third kappa shape index (κ3) is 3.52. The van der Waals surface area contributed by atoms with Gasteiger partial charge in [-0.1, -0.05) is 18.2 Å². The summed E-state index contributed by atoms with van der Waals surface area (Å²) in [5.41, 5.74) is 9.16. The van der Waals surface area contributed by atoms with Gasteiger partial charge in [-0.3, -0.25) is 0 Å². The minimum atomic E-state index is 0.579. The lowest BCUT2D eigenvalue weighted by molar-refractivity contribution is 0.412. The van der Waals surface area contributed by atoms with Crippen LogP contribution in [0.1, 0.15) is 11.1 Å². The first-order valence-electron chi connectivity index (χ1n) is 6.46. The normalized spacial score (nSPS) is 10.4. The van der Waals surface area contributed by atoms with Crippen molar-refractivity contribution in [2.24, 2.45) is 5.73 Å². The Morgan fingerprint density at radius 3 is 2.30 bits per heavy atom. The molecule has 0 heterocycles. The van der Waals surface area contributed by atoms with Crippen LogP contribution in [0.25, 0.3) is 0 Å². The van der Waals surface area contributed by atoms with Crippen LogP contribution in [-0.4, -0.2) is 14.2 Å². The molecule has 106 valence electrons. The molecule has 0 bridgehead atoms. The van der Waals surface area contributed by atoms with Crippen molar-refractivity contribution in [2.75, 3.05) is 19.1 Å². The first-order chi connectivity index (χ1) is 9.63. The Morgan fingerprint density at radius 1 is 1.10 bits per heavy atom. The van der Waals surface area contributed by atoms with E-state index < -0.39 is 0 Å². The molecule has 2 rings (SSSR count). The van der Waals surface area contributed by atoms with E-state index in [0.29, 0.717) is 6.54 Å². The molecule has 0 saturated carbocycles. The SMILES string of the molecule is COc1ccc(CN(C)c2ccc(CN)cc2)cc1Br. The molecule has 0 amide bonds. The topological polar surface area (TPSA) is 38.5 Å². The van der Waals surface area contributed by atoms with Gasteiger partial charge < -0.3 is 15.4 Å². The molecule has 0 atom stereocenters. The van der Waals surface area contributed by atoms with E-state index in [1.807, 2.05) is 6.07 Å². The molecule has 3 nitrogen and oxygen atoms in total. The molecule has 0 saturated heterocycles. The van der Waals surface area contributed by atoms with Crippen LogP contribution in [-0.2, 0) is 13.1 Å². The number of hydrogen-bond acceptors (Lipinski definition) is 3. The molecule has 0 aliphatic rings. The summed E-state index contributed by atoms with van der Waals surface area (Å²) in [6.45, 7) is 1.42. The molecule has 0 aliphatic carbocycles. The van der Waals surface area contributed by atoms with E-state index in [1.165, 1.54) is 11.3 Å². The van der Waals surface area contributed by atoms with E-state index in [9.17, 15) is 0 Å². The molecule has 0 radical (unpaired) electrons. The maximum atomic E-state index is 5.61. The number of nitrogens with two attached hydrogens (primary N) is 1. The van der Waals surface area contributed by atoms with Crippen molar-refractivity contribution >= 4 is 21.6 Å².